The minimum Gasteiger partial charge on any atom is -0.457 e. The molecule has 7 aromatic rings. The fourth-order valence-corrected chi connectivity index (χ4v) is 4.88. The summed E-state index contributed by atoms with van der Waals surface area (Å²) in [6.07, 6.45) is 0. The zero-order valence-corrected chi connectivity index (χ0v) is 26.8. The van der Waals surface area contributed by atoms with Gasteiger partial charge in [-0.2, -0.15) is 0 Å². The van der Waals surface area contributed by atoms with Crippen molar-refractivity contribution >= 4 is 11.4 Å². The van der Waals surface area contributed by atoms with Gasteiger partial charge in [-0.25, -0.2) is 0 Å². The van der Waals surface area contributed by atoms with Gasteiger partial charge in [-0.3, -0.25) is 0 Å². The van der Waals surface area contributed by atoms with E-state index < -0.39 is 0 Å². The highest BCUT2D eigenvalue weighted by Crippen LogP contribution is 2.37. The largest absolute Gasteiger partial charge is 0.457 e. The lowest BCUT2D eigenvalue weighted by molar-refractivity contribution is 0.416. The molecule has 7 rings (SSSR count). The molecule has 50 heavy (non-hydrogen) atoms. The molecule has 0 amide bonds. The van der Waals surface area contributed by atoms with Gasteiger partial charge >= 0.3 is 0 Å². The van der Waals surface area contributed by atoms with Crippen LogP contribution in [-0.4, -0.2) is 0 Å². The normalized spacial score (nSPS) is 10.6. The van der Waals surface area contributed by atoms with Crippen LogP contribution in [0.15, 0.2) is 170 Å². The van der Waals surface area contributed by atoms with Crippen LogP contribution in [0.5, 0.6) is 69.0 Å². The predicted octanol–water partition coefficient (Wildman–Crippen LogP) is 11.6. The van der Waals surface area contributed by atoms with Crippen LogP contribution in [0.3, 0.4) is 0 Å². The average molecular weight is 661 g/mol. The maximum Gasteiger partial charge on any atom is 0.169 e. The first-order chi connectivity index (χ1) is 24.5. The zero-order valence-electron chi connectivity index (χ0n) is 26.8. The maximum atomic E-state index is 6.18. The van der Waals surface area contributed by atoms with Gasteiger partial charge in [-0.05, 0) is 133 Å². The third-order valence-electron chi connectivity index (χ3n) is 7.26. The summed E-state index contributed by atoms with van der Waals surface area (Å²) in [6.45, 7) is 0. The van der Waals surface area contributed by atoms with E-state index in [0.717, 1.165) is 0 Å². The lowest BCUT2D eigenvalue weighted by Crippen LogP contribution is -1.91. The fraction of sp³-hybridized carbons (Fsp3) is 0. The van der Waals surface area contributed by atoms with Crippen molar-refractivity contribution < 1.29 is 28.4 Å². The second kappa shape index (κ2) is 14.8. The van der Waals surface area contributed by atoms with Gasteiger partial charge < -0.3 is 39.9 Å². The summed E-state index contributed by atoms with van der Waals surface area (Å²) < 4.78 is 36.1. The molecule has 0 aromatic heterocycles. The minimum atomic E-state index is 0.567. The number of anilines is 2. The second-order valence-corrected chi connectivity index (χ2v) is 11.1. The number of nitrogen functional groups attached to an aromatic ring is 2. The van der Waals surface area contributed by atoms with E-state index in [1.165, 1.54) is 0 Å². The molecule has 0 heterocycles. The summed E-state index contributed by atoms with van der Waals surface area (Å²) in [4.78, 5) is 0. The van der Waals surface area contributed by atoms with E-state index in [0.29, 0.717) is 80.4 Å². The highest BCUT2D eigenvalue weighted by atomic mass is 16.5. The van der Waals surface area contributed by atoms with E-state index in [1.807, 2.05) is 158 Å². The third kappa shape index (κ3) is 8.44. The molecule has 0 fully saturated rings. The molecule has 8 heteroatoms. The average Bonchev–Trinajstić information content (AvgIpc) is 3.12. The summed E-state index contributed by atoms with van der Waals surface area (Å²) in [7, 11) is 0. The summed E-state index contributed by atoms with van der Waals surface area (Å²) in [6, 6.07) is 51.5. The molecule has 0 bridgehead atoms. The van der Waals surface area contributed by atoms with Gasteiger partial charge in [0.25, 0.3) is 0 Å². The van der Waals surface area contributed by atoms with Crippen LogP contribution < -0.4 is 39.9 Å². The van der Waals surface area contributed by atoms with Gasteiger partial charge in [0.05, 0.1) is 0 Å². The molecule has 0 aliphatic heterocycles. The number of hydrogen-bond donors (Lipinski definition) is 2. The number of rotatable bonds is 12. The molecule has 8 nitrogen and oxygen atoms in total. The molecule has 0 spiro atoms. The van der Waals surface area contributed by atoms with Crippen LogP contribution in [-0.2, 0) is 0 Å². The Morgan fingerprint density at radius 2 is 0.500 bits per heavy atom. The standard InChI is InChI=1S/C42H32N2O6/c43-29-5-3-7-39(27-29)47-35-15-11-31(12-16-35)45-33-19-23-37(24-20-33)49-41-9-1-2-10-42(41)50-38-25-21-34(22-26-38)46-32-13-17-36(18-14-32)48-40-8-4-6-30(44)28-40/h1-28H,43-44H2. The van der Waals surface area contributed by atoms with Crippen LogP contribution in [0.25, 0.3) is 0 Å². The van der Waals surface area contributed by atoms with Gasteiger partial charge in [0.2, 0.25) is 0 Å². The Morgan fingerprint density at radius 3 is 0.780 bits per heavy atom. The van der Waals surface area contributed by atoms with Crippen LogP contribution >= 0.6 is 0 Å². The minimum absolute atomic E-state index is 0.567. The molecule has 0 aliphatic rings. The highest BCUT2D eigenvalue weighted by molar-refractivity contribution is 5.49. The van der Waals surface area contributed by atoms with Crippen molar-refractivity contribution in [2.75, 3.05) is 11.5 Å². The van der Waals surface area contributed by atoms with Crippen molar-refractivity contribution in [1.82, 2.24) is 0 Å². The van der Waals surface area contributed by atoms with E-state index in [1.54, 1.807) is 12.1 Å². The van der Waals surface area contributed by atoms with E-state index in [2.05, 4.69) is 0 Å². The van der Waals surface area contributed by atoms with Crippen LogP contribution in [0, 0.1) is 0 Å². The van der Waals surface area contributed by atoms with Crippen LogP contribution in [0.1, 0.15) is 0 Å². The van der Waals surface area contributed by atoms with Crippen molar-refractivity contribution in [2.24, 2.45) is 0 Å². The van der Waals surface area contributed by atoms with Gasteiger partial charge in [0.1, 0.15) is 57.5 Å². The Hall–Kier alpha value is -7.06. The summed E-state index contributed by atoms with van der Waals surface area (Å²) in [5, 5.41) is 0. The Kier molecular flexibility index (Phi) is 9.33. The molecule has 0 saturated carbocycles. The molecule has 0 saturated heterocycles. The number of hydrogen-bond acceptors (Lipinski definition) is 8. The summed E-state index contributed by atoms with van der Waals surface area (Å²) >= 11 is 0. The summed E-state index contributed by atoms with van der Waals surface area (Å²) in [5.74, 6) is 7.77. The lowest BCUT2D eigenvalue weighted by atomic mass is 10.3. The highest BCUT2D eigenvalue weighted by Gasteiger charge is 2.09. The van der Waals surface area contributed by atoms with Gasteiger partial charge in [0, 0.05) is 23.5 Å². The Labute approximate surface area is 289 Å². The lowest BCUT2D eigenvalue weighted by Gasteiger charge is -2.13. The second-order valence-electron chi connectivity index (χ2n) is 11.1. The molecule has 7 aromatic carbocycles. The van der Waals surface area contributed by atoms with Crippen molar-refractivity contribution in [1.29, 1.82) is 0 Å². The van der Waals surface area contributed by atoms with E-state index in [-0.39, 0.29) is 0 Å². The van der Waals surface area contributed by atoms with Crippen molar-refractivity contribution in [2.45, 2.75) is 0 Å². The maximum absolute atomic E-state index is 6.18. The van der Waals surface area contributed by atoms with Crippen molar-refractivity contribution in [3.63, 3.8) is 0 Å². The molecule has 0 unspecified atom stereocenters. The molecular weight excluding hydrogens is 628 g/mol. The predicted molar refractivity (Wildman–Crippen MR) is 194 cm³/mol. The smallest absolute Gasteiger partial charge is 0.169 e. The Balaban J connectivity index is 0.926. The first-order valence-corrected chi connectivity index (χ1v) is 15.8. The van der Waals surface area contributed by atoms with Gasteiger partial charge in [-0.1, -0.05) is 24.3 Å². The van der Waals surface area contributed by atoms with Crippen molar-refractivity contribution in [3.8, 4) is 69.0 Å². The van der Waals surface area contributed by atoms with E-state index >= 15 is 0 Å². The summed E-state index contributed by atoms with van der Waals surface area (Å²) in [5.41, 5.74) is 13.0. The number of nitrogens with two attached hydrogens (primary N) is 2. The molecule has 0 aliphatic carbocycles. The zero-order chi connectivity index (χ0) is 34.1. The van der Waals surface area contributed by atoms with Crippen LogP contribution in [0.4, 0.5) is 11.4 Å². The quantitative estimate of drug-likeness (QED) is 0.125. The Morgan fingerprint density at radius 1 is 0.240 bits per heavy atom. The molecule has 4 N–H and O–H groups in total. The Bertz CT molecular complexity index is 2010. The van der Waals surface area contributed by atoms with E-state index in [9.17, 15) is 0 Å². The SMILES string of the molecule is Nc1cccc(Oc2ccc(Oc3ccc(Oc4ccccc4Oc4ccc(Oc5ccc(Oc6cccc(N)c6)cc5)cc4)cc3)cc2)c1. The number of ether oxygens (including phenoxy) is 6. The van der Waals surface area contributed by atoms with Gasteiger partial charge in [0.15, 0.2) is 11.5 Å². The molecule has 0 radical (unpaired) electrons. The third-order valence-corrected chi connectivity index (χ3v) is 7.26. The molecule has 246 valence electrons. The van der Waals surface area contributed by atoms with Gasteiger partial charge in [-0.15, -0.1) is 0 Å². The fourth-order valence-electron chi connectivity index (χ4n) is 4.88. The first kappa shape index (κ1) is 31.5. The first-order valence-electron chi connectivity index (χ1n) is 15.8. The topological polar surface area (TPSA) is 107 Å². The molecule has 0 atom stereocenters. The van der Waals surface area contributed by atoms with Crippen LogP contribution in [0.2, 0.25) is 0 Å². The number of benzene rings is 7. The van der Waals surface area contributed by atoms with E-state index in [4.69, 9.17) is 39.9 Å². The molecular formula is C42H32N2O6. The number of para-hydroxylation sites is 2. The monoisotopic (exact) mass is 660 g/mol. The van der Waals surface area contributed by atoms with Crippen molar-refractivity contribution in [3.05, 3.63) is 170 Å².